The third-order valence-electron chi connectivity index (χ3n) is 1.23. The second kappa shape index (κ2) is 2.12. The largest absolute Gasteiger partial charge is 0.468 e. The van der Waals surface area contributed by atoms with Crippen LogP contribution < -0.4 is 0 Å². The Morgan fingerprint density at radius 2 is 2.30 bits per heavy atom. The van der Waals surface area contributed by atoms with Crippen molar-refractivity contribution >= 4 is 9.73 Å². The van der Waals surface area contributed by atoms with E-state index in [2.05, 4.69) is 0 Å². The van der Waals surface area contributed by atoms with E-state index in [0.29, 0.717) is 10.7 Å². The van der Waals surface area contributed by atoms with Crippen molar-refractivity contribution in [3.63, 3.8) is 0 Å². The van der Waals surface area contributed by atoms with Crippen molar-refractivity contribution in [3.8, 4) is 0 Å². The molecule has 0 aliphatic carbocycles. The number of nitrogens with one attached hydrogen (secondary N) is 1. The Morgan fingerprint density at radius 1 is 1.70 bits per heavy atom. The van der Waals surface area contributed by atoms with E-state index in [1.165, 1.54) is 12.5 Å². The minimum atomic E-state index is -2.58. The van der Waals surface area contributed by atoms with Gasteiger partial charge in [0.25, 0.3) is 0 Å². The zero-order chi connectivity index (χ0) is 7.78. The van der Waals surface area contributed by atoms with Gasteiger partial charge in [0.05, 0.1) is 20.9 Å². The van der Waals surface area contributed by atoms with Gasteiger partial charge in [0.1, 0.15) is 5.76 Å². The number of rotatable bonds is 1. The maximum Gasteiger partial charge on any atom is 0.117 e. The van der Waals surface area contributed by atoms with Crippen molar-refractivity contribution in [2.45, 2.75) is 11.8 Å². The minimum absolute atomic E-state index is 0.493. The van der Waals surface area contributed by atoms with E-state index >= 15 is 0 Å². The molecule has 0 fully saturated rings. The zero-order valence-corrected chi connectivity index (χ0v) is 6.70. The van der Waals surface area contributed by atoms with Gasteiger partial charge in [-0.15, -0.1) is 0 Å². The van der Waals surface area contributed by atoms with Crippen LogP contribution in [0, 0.1) is 11.7 Å². The lowest BCUT2D eigenvalue weighted by Gasteiger charge is -1.94. The highest BCUT2D eigenvalue weighted by Crippen LogP contribution is 2.15. The molecule has 1 aromatic rings. The van der Waals surface area contributed by atoms with E-state index in [1.54, 1.807) is 13.0 Å². The van der Waals surface area contributed by atoms with Crippen molar-refractivity contribution in [1.82, 2.24) is 0 Å². The molecule has 0 amide bonds. The zero-order valence-electron chi connectivity index (χ0n) is 5.88. The molecule has 0 aliphatic heterocycles. The van der Waals surface area contributed by atoms with Gasteiger partial charge >= 0.3 is 0 Å². The third-order valence-corrected chi connectivity index (χ3v) is 2.49. The van der Waals surface area contributed by atoms with Crippen LogP contribution >= 0.6 is 0 Å². The van der Waals surface area contributed by atoms with E-state index < -0.39 is 9.73 Å². The van der Waals surface area contributed by atoms with Crippen molar-refractivity contribution in [2.24, 2.45) is 0 Å². The van der Waals surface area contributed by atoms with E-state index in [4.69, 9.17) is 9.20 Å². The van der Waals surface area contributed by atoms with Crippen molar-refractivity contribution < 1.29 is 8.63 Å². The van der Waals surface area contributed by atoms with E-state index in [1.807, 2.05) is 0 Å². The molecule has 3 nitrogen and oxygen atoms in total. The van der Waals surface area contributed by atoms with Crippen LogP contribution in [0.5, 0.6) is 0 Å². The van der Waals surface area contributed by atoms with Gasteiger partial charge in [-0.1, -0.05) is 0 Å². The van der Waals surface area contributed by atoms with Gasteiger partial charge in [0.2, 0.25) is 0 Å². The van der Waals surface area contributed by atoms with E-state index in [-0.39, 0.29) is 0 Å². The first-order chi connectivity index (χ1) is 4.52. The van der Waals surface area contributed by atoms with Gasteiger partial charge in [-0.3, -0.25) is 0 Å². The average molecular weight is 159 g/mol. The van der Waals surface area contributed by atoms with E-state index in [9.17, 15) is 4.21 Å². The Bertz CT molecular complexity index is 323. The SMILES string of the molecule is Cc1occc1[S@](C)(=N)=O. The Labute approximate surface area is 60.0 Å². The van der Waals surface area contributed by atoms with Crippen LogP contribution in [0.15, 0.2) is 21.6 Å². The number of hydrogen-bond donors (Lipinski definition) is 1. The summed E-state index contributed by atoms with van der Waals surface area (Å²) >= 11 is 0. The lowest BCUT2D eigenvalue weighted by molar-refractivity contribution is 0.525. The number of hydrogen-bond acceptors (Lipinski definition) is 3. The highest BCUT2D eigenvalue weighted by molar-refractivity contribution is 7.91. The maximum atomic E-state index is 11.1. The average Bonchev–Trinajstić information content (AvgIpc) is 2.11. The molecule has 1 heterocycles. The fourth-order valence-electron chi connectivity index (χ4n) is 0.777. The molecule has 1 aromatic heterocycles. The van der Waals surface area contributed by atoms with Gasteiger partial charge in [-0.2, -0.15) is 0 Å². The first-order valence-electron chi connectivity index (χ1n) is 2.79. The fourth-order valence-corrected chi connectivity index (χ4v) is 1.69. The number of furan rings is 1. The summed E-state index contributed by atoms with van der Waals surface area (Å²) < 4.78 is 23.2. The third kappa shape index (κ3) is 1.21. The molecule has 1 atom stereocenters. The van der Waals surface area contributed by atoms with Gasteiger partial charge < -0.3 is 4.42 Å². The van der Waals surface area contributed by atoms with Gasteiger partial charge in [0.15, 0.2) is 0 Å². The molecule has 0 bridgehead atoms. The van der Waals surface area contributed by atoms with Gasteiger partial charge in [-0.05, 0) is 13.0 Å². The molecular formula is C6H9NO2S. The normalized spacial score (nSPS) is 16.6. The van der Waals surface area contributed by atoms with Crippen LogP contribution in [0.2, 0.25) is 0 Å². The predicted molar refractivity (Wildman–Crippen MR) is 38.5 cm³/mol. The Hall–Kier alpha value is -0.770. The van der Waals surface area contributed by atoms with Gasteiger partial charge in [-0.25, -0.2) is 8.99 Å². The lowest BCUT2D eigenvalue weighted by atomic mass is 10.5. The van der Waals surface area contributed by atoms with Crippen LogP contribution in [0.3, 0.4) is 0 Å². The molecular weight excluding hydrogens is 150 g/mol. The molecule has 0 saturated carbocycles. The summed E-state index contributed by atoms with van der Waals surface area (Å²) in [5, 5.41) is 0. The topological polar surface area (TPSA) is 54.1 Å². The maximum absolute atomic E-state index is 11.1. The molecule has 0 radical (unpaired) electrons. The van der Waals surface area contributed by atoms with Gasteiger partial charge in [0, 0.05) is 6.26 Å². The molecule has 4 heteroatoms. The molecule has 0 spiro atoms. The second-order valence-electron chi connectivity index (χ2n) is 2.18. The molecule has 1 N–H and O–H groups in total. The summed E-state index contributed by atoms with van der Waals surface area (Å²) in [6.45, 7) is 1.70. The standard InChI is InChI=1S/C6H9NO2S/c1-5-6(3-4-9-5)10(2,7)8/h3-4,7H,1-2H3/t10-/m1/s1. The van der Waals surface area contributed by atoms with Crippen LogP contribution in [0.25, 0.3) is 0 Å². The lowest BCUT2D eigenvalue weighted by Crippen LogP contribution is -1.93. The molecule has 1 rings (SSSR count). The highest BCUT2D eigenvalue weighted by Gasteiger charge is 2.08. The molecule has 10 heavy (non-hydrogen) atoms. The Kier molecular flexibility index (Phi) is 1.56. The smallest absolute Gasteiger partial charge is 0.117 e. The van der Waals surface area contributed by atoms with E-state index in [0.717, 1.165) is 0 Å². The summed E-state index contributed by atoms with van der Waals surface area (Å²) in [5.74, 6) is 0.572. The highest BCUT2D eigenvalue weighted by atomic mass is 32.2. The minimum Gasteiger partial charge on any atom is -0.468 e. The Morgan fingerprint density at radius 3 is 2.50 bits per heavy atom. The van der Waals surface area contributed by atoms with Crippen molar-refractivity contribution in [3.05, 3.63) is 18.1 Å². The van der Waals surface area contributed by atoms with Crippen LogP contribution in [-0.4, -0.2) is 10.5 Å². The Balaban J connectivity index is 3.32. The summed E-state index contributed by atoms with van der Waals surface area (Å²) in [7, 11) is -2.58. The first-order valence-corrected chi connectivity index (χ1v) is 4.76. The first kappa shape index (κ1) is 7.34. The monoisotopic (exact) mass is 159 g/mol. The van der Waals surface area contributed by atoms with Crippen molar-refractivity contribution in [2.75, 3.05) is 6.26 Å². The summed E-state index contributed by atoms with van der Waals surface area (Å²) in [6, 6.07) is 1.57. The predicted octanol–water partition coefficient (Wildman–Crippen LogP) is 1.62. The van der Waals surface area contributed by atoms with Crippen LogP contribution in [0.4, 0.5) is 0 Å². The molecule has 56 valence electrons. The fraction of sp³-hybridized carbons (Fsp3) is 0.333. The summed E-state index contributed by atoms with van der Waals surface area (Å²) in [5.41, 5.74) is 0. The molecule has 0 saturated heterocycles. The summed E-state index contributed by atoms with van der Waals surface area (Å²) in [4.78, 5) is 0.493. The molecule has 0 aliphatic rings. The van der Waals surface area contributed by atoms with Crippen LogP contribution in [-0.2, 0) is 9.73 Å². The second-order valence-corrected chi connectivity index (χ2v) is 4.31. The summed E-state index contributed by atoms with van der Waals surface area (Å²) in [6.07, 6.45) is 2.83. The molecule has 0 unspecified atom stereocenters. The molecule has 0 aromatic carbocycles. The van der Waals surface area contributed by atoms with Crippen LogP contribution in [0.1, 0.15) is 5.76 Å². The number of aryl methyl sites for hydroxylation is 1. The quantitative estimate of drug-likeness (QED) is 0.677. The van der Waals surface area contributed by atoms with Crippen molar-refractivity contribution in [1.29, 1.82) is 4.78 Å².